The van der Waals surface area contributed by atoms with Crippen molar-refractivity contribution in [3.8, 4) is 0 Å². The number of aliphatic hydroxyl groups is 1. The maximum Gasteiger partial charge on any atom is 0.434 e. The minimum Gasteiger partial charge on any atom is -0.494 e. The fourth-order valence-corrected chi connectivity index (χ4v) is 3.80. The van der Waals surface area contributed by atoms with Gasteiger partial charge in [0.2, 0.25) is 5.88 Å². The molecule has 1 aliphatic carbocycles. The lowest BCUT2D eigenvalue weighted by Crippen LogP contribution is -2.58. The van der Waals surface area contributed by atoms with E-state index < -0.39 is 41.9 Å². The van der Waals surface area contributed by atoms with Gasteiger partial charge in [0, 0.05) is 19.0 Å². The van der Waals surface area contributed by atoms with Crippen LogP contribution in [0.3, 0.4) is 0 Å². The predicted molar refractivity (Wildman–Crippen MR) is 110 cm³/mol. The first-order chi connectivity index (χ1) is 15.3. The van der Waals surface area contributed by atoms with Gasteiger partial charge in [0.15, 0.2) is 11.3 Å². The van der Waals surface area contributed by atoms with Gasteiger partial charge in [-0.25, -0.2) is 15.4 Å². The van der Waals surface area contributed by atoms with E-state index in [1.807, 2.05) is 20.8 Å². The van der Waals surface area contributed by atoms with Crippen LogP contribution in [-0.2, 0) is 15.8 Å². The van der Waals surface area contributed by atoms with Gasteiger partial charge < -0.3 is 20.6 Å². The number of halogens is 3. The number of nitrogens with one attached hydrogen (secondary N) is 3. The van der Waals surface area contributed by atoms with E-state index in [9.17, 15) is 27.9 Å². The number of nitrogens with zero attached hydrogens (tertiary/aromatic N) is 4. The molecule has 13 heteroatoms. The van der Waals surface area contributed by atoms with Crippen molar-refractivity contribution in [1.82, 2.24) is 30.6 Å². The van der Waals surface area contributed by atoms with Crippen LogP contribution in [-0.4, -0.2) is 61.7 Å². The number of fused-ring (bicyclic) bond motifs is 1. The van der Waals surface area contributed by atoms with Gasteiger partial charge in [0.05, 0.1) is 18.6 Å². The zero-order valence-corrected chi connectivity index (χ0v) is 18.4. The average Bonchev–Trinajstić information content (AvgIpc) is 3.40. The highest BCUT2D eigenvalue weighted by Gasteiger charge is 2.49. The summed E-state index contributed by atoms with van der Waals surface area (Å²) >= 11 is 0. The second-order valence-electron chi connectivity index (χ2n) is 9.64. The van der Waals surface area contributed by atoms with Gasteiger partial charge in [-0.1, -0.05) is 20.8 Å². The van der Waals surface area contributed by atoms with Crippen molar-refractivity contribution < 1.29 is 27.9 Å². The van der Waals surface area contributed by atoms with E-state index in [1.54, 1.807) is 4.90 Å². The van der Waals surface area contributed by atoms with Crippen molar-refractivity contribution in [2.24, 2.45) is 5.41 Å². The van der Waals surface area contributed by atoms with Crippen LogP contribution in [0.15, 0.2) is 23.8 Å². The molecule has 2 fully saturated rings. The van der Waals surface area contributed by atoms with E-state index in [0.29, 0.717) is 12.7 Å². The van der Waals surface area contributed by atoms with Crippen molar-refractivity contribution in [2.75, 3.05) is 11.9 Å². The SMILES string of the molecule is CC(C)(C)CN1C(O)=C(C(=O)NC2CC2)C(=O)N2NC(Nc3cncc(C(F)(F)F)n3)CC12. The number of alkyl halides is 3. The molecule has 1 aromatic heterocycles. The zero-order valence-electron chi connectivity index (χ0n) is 18.4. The molecular formula is C20H26F3N7O3. The van der Waals surface area contributed by atoms with E-state index in [2.05, 4.69) is 26.0 Å². The molecule has 2 atom stereocenters. The van der Waals surface area contributed by atoms with Crippen LogP contribution < -0.4 is 16.1 Å². The van der Waals surface area contributed by atoms with Crippen molar-refractivity contribution >= 4 is 17.6 Å². The summed E-state index contributed by atoms with van der Waals surface area (Å²) < 4.78 is 38.9. The maximum absolute atomic E-state index is 13.1. The lowest BCUT2D eigenvalue weighted by molar-refractivity contribution is -0.142. The summed E-state index contributed by atoms with van der Waals surface area (Å²) in [5.74, 6) is -1.89. The summed E-state index contributed by atoms with van der Waals surface area (Å²) in [6.07, 6.45) is -2.40. The van der Waals surface area contributed by atoms with E-state index in [0.717, 1.165) is 19.0 Å². The molecule has 0 bridgehead atoms. The van der Waals surface area contributed by atoms with Crippen LogP contribution in [0.25, 0.3) is 0 Å². The molecule has 3 aliphatic rings. The third kappa shape index (κ3) is 4.97. The quantitative estimate of drug-likeness (QED) is 0.481. The molecule has 180 valence electrons. The topological polar surface area (TPSA) is 123 Å². The number of hydrazine groups is 1. The molecule has 2 unspecified atom stereocenters. The second-order valence-corrected chi connectivity index (χ2v) is 9.64. The Bertz CT molecular complexity index is 988. The van der Waals surface area contributed by atoms with Crippen molar-refractivity contribution in [2.45, 2.75) is 64.6 Å². The molecule has 0 aromatic carbocycles. The summed E-state index contributed by atoms with van der Waals surface area (Å²) in [5, 5.41) is 17.7. The number of carbonyl (C=O) groups is 2. The second kappa shape index (κ2) is 8.04. The Labute approximate surface area is 188 Å². The van der Waals surface area contributed by atoms with Crippen LogP contribution in [0.1, 0.15) is 45.7 Å². The smallest absolute Gasteiger partial charge is 0.434 e. The standard InChI is InChI=1S/C20H26F3N7O3/c1-19(2,3)9-29-14-6-12(27-13-8-24-7-11(26-13)20(21,22)23)28-30(14)18(33)15(17(29)32)16(31)25-10-4-5-10/h7-8,10,12,14,28,32H,4-6,9H2,1-3H3,(H,25,31)(H,26,27). The number of aromatic nitrogens is 2. The first-order valence-electron chi connectivity index (χ1n) is 10.6. The van der Waals surface area contributed by atoms with Crippen LogP contribution in [0.2, 0.25) is 0 Å². The highest BCUT2D eigenvalue weighted by Crippen LogP contribution is 2.34. The van der Waals surface area contributed by atoms with Gasteiger partial charge >= 0.3 is 6.18 Å². The molecule has 1 aromatic rings. The summed E-state index contributed by atoms with van der Waals surface area (Å²) in [5.41, 5.74) is 1.09. The summed E-state index contributed by atoms with van der Waals surface area (Å²) in [6.45, 7) is 6.16. The molecule has 2 amide bonds. The Morgan fingerprint density at radius 2 is 1.97 bits per heavy atom. The monoisotopic (exact) mass is 469 g/mol. The molecule has 4 rings (SSSR count). The van der Waals surface area contributed by atoms with Crippen LogP contribution in [0.4, 0.5) is 19.0 Å². The molecule has 10 nitrogen and oxygen atoms in total. The molecule has 4 N–H and O–H groups in total. The number of carbonyl (C=O) groups excluding carboxylic acids is 2. The lowest BCUT2D eigenvalue weighted by Gasteiger charge is -2.42. The number of anilines is 1. The fraction of sp³-hybridized carbons (Fsp3) is 0.600. The van der Waals surface area contributed by atoms with Crippen LogP contribution >= 0.6 is 0 Å². The van der Waals surface area contributed by atoms with Crippen molar-refractivity contribution in [1.29, 1.82) is 0 Å². The molecule has 2 aliphatic heterocycles. The van der Waals surface area contributed by atoms with E-state index in [1.165, 1.54) is 5.01 Å². The normalized spacial score (nSPS) is 23.6. The summed E-state index contributed by atoms with van der Waals surface area (Å²) in [6, 6.07) is -0.0141. The van der Waals surface area contributed by atoms with Gasteiger partial charge in [-0.05, 0) is 18.3 Å². The Balaban J connectivity index is 1.58. The molecule has 33 heavy (non-hydrogen) atoms. The molecule has 1 saturated heterocycles. The Kier molecular flexibility index (Phi) is 5.63. The predicted octanol–water partition coefficient (Wildman–Crippen LogP) is 1.71. The van der Waals surface area contributed by atoms with Gasteiger partial charge in [0.1, 0.15) is 12.0 Å². The minimum atomic E-state index is -4.65. The maximum atomic E-state index is 13.1. The minimum absolute atomic E-state index is 0.0141. The van der Waals surface area contributed by atoms with Gasteiger partial charge in [-0.15, -0.1) is 0 Å². The highest BCUT2D eigenvalue weighted by molar-refractivity contribution is 6.19. The van der Waals surface area contributed by atoms with Gasteiger partial charge in [-0.3, -0.25) is 14.6 Å². The highest BCUT2D eigenvalue weighted by atomic mass is 19.4. The van der Waals surface area contributed by atoms with E-state index in [-0.39, 0.29) is 29.3 Å². The average molecular weight is 469 g/mol. The largest absolute Gasteiger partial charge is 0.494 e. The van der Waals surface area contributed by atoms with Gasteiger partial charge in [-0.2, -0.15) is 13.2 Å². The molecule has 0 radical (unpaired) electrons. The number of amides is 2. The number of rotatable bonds is 5. The van der Waals surface area contributed by atoms with Crippen molar-refractivity contribution in [3.05, 3.63) is 29.5 Å². The third-order valence-corrected chi connectivity index (χ3v) is 5.36. The zero-order chi connectivity index (χ0) is 24.1. The third-order valence-electron chi connectivity index (χ3n) is 5.36. The van der Waals surface area contributed by atoms with E-state index >= 15 is 0 Å². The van der Waals surface area contributed by atoms with Crippen LogP contribution in [0, 0.1) is 5.41 Å². The summed E-state index contributed by atoms with van der Waals surface area (Å²) in [4.78, 5) is 34.5. The Hall–Kier alpha value is -3.09. The number of hydrogen-bond acceptors (Lipinski definition) is 8. The lowest BCUT2D eigenvalue weighted by atomic mass is 9.95. The fourth-order valence-electron chi connectivity index (χ4n) is 3.80. The first-order valence-corrected chi connectivity index (χ1v) is 10.6. The molecule has 0 spiro atoms. The van der Waals surface area contributed by atoms with E-state index in [4.69, 9.17) is 0 Å². The summed E-state index contributed by atoms with van der Waals surface area (Å²) in [7, 11) is 0. The molecular weight excluding hydrogens is 443 g/mol. The molecule has 3 heterocycles. The Morgan fingerprint density at radius 3 is 2.58 bits per heavy atom. The Morgan fingerprint density at radius 1 is 1.27 bits per heavy atom. The number of aliphatic hydroxyl groups excluding tert-OH is 1. The van der Waals surface area contributed by atoms with Crippen LogP contribution in [0.5, 0.6) is 0 Å². The van der Waals surface area contributed by atoms with Gasteiger partial charge in [0.25, 0.3) is 11.8 Å². The number of hydrogen-bond donors (Lipinski definition) is 4. The first kappa shape index (κ1) is 23.1. The van der Waals surface area contributed by atoms with Crippen molar-refractivity contribution in [3.63, 3.8) is 0 Å². The molecule has 1 saturated carbocycles.